The molecule has 0 aliphatic carbocycles. The van der Waals surface area contributed by atoms with Gasteiger partial charge in [-0.15, -0.1) is 0 Å². The maximum Gasteiger partial charge on any atom is 0.339 e. The van der Waals surface area contributed by atoms with Gasteiger partial charge in [-0.05, 0) is 35.8 Å². The summed E-state index contributed by atoms with van der Waals surface area (Å²) in [4.78, 5) is 17.3. The van der Waals surface area contributed by atoms with E-state index >= 15 is 0 Å². The monoisotopic (exact) mass is 316 g/mol. The molecule has 0 aliphatic rings. The number of anilines is 1. The van der Waals surface area contributed by atoms with Gasteiger partial charge >= 0.3 is 5.97 Å². The Labute approximate surface area is 115 Å². The van der Waals surface area contributed by atoms with Crippen LogP contribution in [0.3, 0.4) is 0 Å². The van der Waals surface area contributed by atoms with E-state index in [1.54, 1.807) is 12.3 Å². The number of aromatic carboxylic acids is 1. The van der Waals surface area contributed by atoms with Gasteiger partial charge in [-0.1, -0.05) is 0 Å². The van der Waals surface area contributed by atoms with Gasteiger partial charge in [-0.25, -0.2) is 9.78 Å². The summed E-state index contributed by atoms with van der Waals surface area (Å²) < 4.78 is 5.94. The molecule has 0 amide bonds. The molecule has 1 aromatic rings. The van der Waals surface area contributed by atoms with E-state index in [4.69, 9.17) is 4.74 Å². The van der Waals surface area contributed by atoms with Gasteiger partial charge in [-0.3, -0.25) is 0 Å². The first kappa shape index (κ1) is 14.9. The predicted molar refractivity (Wildman–Crippen MR) is 73.3 cm³/mol. The summed E-state index contributed by atoms with van der Waals surface area (Å²) in [5.41, 5.74) is 0.197. The minimum atomic E-state index is -0.978. The Morgan fingerprint density at radius 2 is 2.28 bits per heavy atom. The smallest absolute Gasteiger partial charge is 0.339 e. The Hall–Kier alpha value is -1.14. The number of nitrogens with zero attached hydrogens (tertiary/aromatic N) is 2. The molecule has 0 saturated heterocycles. The Kier molecular flexibility index (Phi) is 6.07. The van der Waals surface area contributed by atoms with Gasteiger partial charge in [0.15, 0.2) is 0 Å². The average molecular weight is 317 g/mol. The molecular formula is C12H17BrN2O3. The SMILES string of the molecule is CCOCCN(CC)c1ncc(Br)cc1C(=O)O. The van der Waals surface area contributed by atoms with Gasteiger partial charge in [-0.2, -0.15) is 0 Å². The van der Waals surface area contributed by atoms with Crippen LogP contribution >= 0.6 is 15.9 Å². The van der Waals surface area contributed by atoms with E-state index in [2.05, 4.69) is 20.9 Å². The topological polar surface area (TPSA) is 62.7 Å². The number of halogens is 1. The van der Waals surface area contributed by atoms with Crippen LogP contribution in [0, 0.1) is 0 Å². The summed E-state index contributed by atoms with van der Waals surface area (Å²) in [7, 11) is 0. The van der Waals surface area contributed by atoms with Crippen LogP contribution in [0.1, 0.15) is 24.2 Å². The second-order valence-corrected chi connectivity index (χ2v) is 4.52. The molecule has 1 aromatic heterocycles. The zero-order valence-corrected chi connectivity index (χ0v) is 12.1. The Morgan fingerprint density at radius 1 is 1.56 bits per heavy atom. The summed E-state index contributed by atoms with van der Waals surface area (Å²) in [5.74, 6) is -0.499. The number of carbonyl (C=O) groups is 1. The molecule has 0 spiro atoms. The van der Waals surface area contributed by atoms with Crippen molar-refractivity contribution in [3.05, 3.63) is 22.3 Å². The van der Waals surface area contributed by atoms with Gasteiger partial charge in [0.25, 0.3) is 0 Å². The van der Waals surface area contributed by atoms with Crippen molar-refractivity contribution in [2.24, 2.45) is 0 Å². The first-order valence-electron chi connectivity index (χ1n) is 5.81. The molecule has 1 N–H and O–H groups in total. The minimum absolute atomic E-state index is 0.197. The van der Waals surface area contributed by atoms with Gasteiger partial charge in [0.1, 0.15) is 11.4 Å². The number of carboxylic acid groups (broad SMARTS) is 1. The van der Waals surface area contributed by atoms with E-state index in [0.29, 0.717) is 36.6 Å². The summed E-state index contributed by atoms with van der Waals surface area (Å²) >= 11 is 3.23. The van der Waals surface area contributed by atoms with Crippen LogP contribution in [-0.4, -0.2) is 42.4 Å². The number of hydrogen-bond donors (Lipinski definition) is 1. The fourth-order valence-electron chi connectivity index (χ4n) is 1.57. The highest BCUT2D eigenvalue weighted by Crippen LogP contribution is 2.21. The van der Waals surface area contributed by atoms with Crippen LogP contribution in [-0.2, 0) is 4.74 Å². The molecule has 1 rings (SSSR count). The molecule has 0 saturated carbocycles. The molecule has 0 aromatic carbocycles. The number of ether oxygens (including phenoxy) is 1. The molecule has 5 nitrogen and oxygen atoms in total. The largest absolute Gasteiger partial charge is 0.478 e. The van der Waals surface area contributed by atoms with Crippen molar-refractivity contribution < 1.29 is 14.6 Å². The first-order valence-corrected chi connectivity index (χ1v) is 6.61. The Morgan fingerprint density at radius 3 is 2.83 bits per heavy atom. The summed E-state index contributed by atoms with van der Waals surface area (Å²) in [6, 6.07) is 1.56. The fourth-order valence-corrected chi connectivity index (χ4v) is 1.91. The molecule has 0 aliphatic heterocycles. The molecule has 100 valence electrons. The number of likely N-dealkylation sites (N-methyl/N-ethyl adjacent to an activating group) is 1. The van der Waals surface area contributed by atoms with Crippen molar-refractivity contribution in [1.29, 1.82) is 0 Å². The number of rotatable bonds is 7. The highest BCUT2D eigenvalue weighted by atomic mass is 79.9. The van der Waals surface area contributed by atoms with Crippen molar-refractivity contribution in [2.45, 2.75) is 13.8 Å². The normalized spacial score (nSPS) is 10.4. The molecule has 1 heterocycles. The lowest BCUT2D eigenvalue weighted by Crippen LogP contribution is -2.29. The molecule has 0 radical (unpaired) electrons. The van der Waals surface area contributed by atoms with E-state index in [0.717, 1.165) is 0 Å². The van der Waals surface area contributed by atoms with Crippen LogP contribution in [0.25, 0.3) is 0 Å². The highest BCUT2D eigenvalue weighted by molar-refractivity contribution is 9.10. The van der Waals surface area contributed by atoms with Gasteiger partial charge < -0.3 is 14.7 Å². The third-order valence-electron chi connectivity index (χ3n) is 2.45. The number of carboxylic acids is 1. The third kappa shape index (κ3) is 3.96. The second-order valence-electron chi connectivity index (χ2n) is 3.61. The quantitative estimate of drug-likeness (QED) is 0.783. The minimum Gasteiger partial charge on any atom is -0.478 e. The summed E-state index contributed by atoms with van der Waals surface area (Å²) in [5, 5.41) is 9.19. The van der Waals surface area contributed by atoms with Crippen molar-refractivity contribution in [2.75, 3.05) is 31.2 Å². The third-order valence-corrected chi connectivity index (χ3v) is 2.89. The fraction of sp³-hybridized carbons (Fsp3) is 0.500. The van der Waals surface area contributed by atoms with Gasteiger partial charge in [0, 0.05) is 30.4 Å². The molecule has 18 heavy (non-hydrogen) atoms. The summed E-state index contributed by atoms with van der Waals surface area (Å²) in [6.07, 6.45) is 1.60. The zero-order valence-electron chi connectivity index (χ0n) is 10.5. The number of pyridine rings is 1. The van der Waals surface area contributed by atoms with Crippen LogP contribution in [0.15, 0.2) is 16.7 Å². The predicted octanol–water partition coefficient (Wildman–Crippen LogP) is 2.41. The lowest BCUT2D eigenvalue weighted by Gasteiger charge is -2.23. The lowest BCUT2D eigenvalue weighted by atomic mass is 10.2. The molecule has 0 bridgehead atoms. The van der Waals surface area contributed by atoms with E-state index in [-0.39, 0.29) is 5.56 Å². The van der Waals surface area contributed by atoms with Crippen molar-refractivity contribution in [3.63, 3.8) is 0 Å². The second kappa shape index (κ2) is 7.33. The van der Waals surface area contributed by atoms with Crippen molar-refractivity contribution >= 4 is 27.7 Å². The highest BCUT2D eigenvalue weighted by Gasteiger charge is 2.17. The average Bonchev–Trinajstić information content (AvgIpc) is 2.35. The first-order chi connectivity index (χ1) is 8.60. The molecule has 6 heteroatoms. The van der Waals surface area contributed by atoms with Crippen LogP contribution in [0.2, 0.25) is 0 Å². The molecule has 0 atom stereocenters. The van der Waals surface area contributed by atoms with Gasteiger partial charge in [0.2, 0.25) is 0 Å². The van der Waals surface area contributed by atoms with E-state index in [9.17, 15) is 9.90 Å². The summed E-state index contributed by atoms with van der Waals surface area (Å²) in [6.45, 7) is 6.40. The molecule has 0 fully saturated rings. The van der Waals surface area contributed by atoms with Crippen molar-refractivity contribution in [1.82, 2.24) is 4.98 Å². The Balaban J connectivity index is 2.93. The number of hydrogen-bond acceptors (Lipinski definition) is 4. The van der Waals surface area contributed by atoms with Crippen LogP contribution in [0.4, 0.5) is 5.82 Å². The standard InChI is InChI=1S/C12H17BrN2O3/c1-3-15(5-6-18-4-2)11-10(12(16)17)7-9(13)8-14-11/h7-8H,3-6H2,1-2H3,(H,16,17). The number of aromatic nitrogens is 1. The van der Waals surface area contributed by atoms with E-state index in [1.807, 2.05) is 18.7 Å². The van der Waals surface area contributed by atoms with Crippen LogP contribution in [0.5, 0.6) is 0 Å². The maximum atomic E-state index is 11.2. The van der Waals surface area contributed by atoms with E-state index < -0.39 is 5.97 Å². The van der Waals surface area contributed by atoms with Gasteiger partial charge in [0.05, 0.1) is 6.61 Å². The molecular weight excluding hydrogens is 300 g/mol. The Bertz CT molecular complexity index is 412. The zero-order chi connectivity index (χ0) is 13.5. The van der Waals surface area contributed by atoms with Crippen molar-refractivity contribution in [3.8, 4) is 0 Å². The lowest BCUT2D eigenvalue weighted by molar-refractivity contribution is 0.0697. The van der Waals surface area contributed by atoms with E-state index in [1.165, 1.54) is 0 Å². The molecule has 0 unspecified atom stereocenters. The van der Waals surface area contributed by atoms with Crippen LogP contribution < -0.4 is 4.90 Å². The maximum absolute atomic E-state index is 11.2.